The second kappa shape index (κ2) is 4.77. The second-order valence-electron chi connectivity index (χ2n) is 3.20. The van der Waals surface area contributed by atoms with Crippen LogP contribution >= 0.6 is 0 Å². The summed E-state index contributed by atoms with van der Waals surface area (Å²) in [5.74, 6) is -1.22. The SMILES string of the molecule is C=CCOC(=O)N1C[C@H](F)C[C@@H]1C(=O)O. The first-order valence-corrected chi connectivity index (χ1v) is 4.47. The third-order valence-electron chi connectivity index (χ3n) is 2.09. The number of nitrogens with zero attached hydrogens (tertiary/aromatic N) is 1. The second-order valence-corrected chi connectivity index (χ2v) is 3.20. The molecular weight excluding hydrogens is 205 g/mol. The lowest BCUT2D eigenvalue weighted by Crippen LogP contribution is -2.40. The zero-order valence-corrected chi connectivity index (χ0v) is 8.06. The average molecular weight is 217 g/mol. The third-order valence-corrected chi connectivity index (χ3v) is 2.09. The van der Waals surface area contributed by atoms with Gasteiger partial charge in [-0.1, -0.05) is 12.7 Å². The quantitative estimate of drug-likeness (QED) is 0.710. The number of aliphatic carboxylic acids is 1. The Morgan fingerprint density at radius 1 is 1.67 bits per heavy atom. The molecule has 0 bridgehead atoms. The molecular formula is C9H12FNO4. The van der Waals surface area contributed by atoms with Gasteiger partial charge in [0.25, 0.3) is 0 Å². The topological polar surface area (TPSA) is 66.8 Å². The molecule has 0 aliphatic carbocycles. The molecule has 0 saturated carbocycles. The Labute approximate surface area is 86.1 Å². The van der Waals surface area contributed by atoms with Gasteiger partial charge < -0.3 is 9.84 Å². The number of hydrogen-bond donors (Lipinski definition) is 1. The lowest BCUT2D eigenvalue weighted by molar-refractivity contribution is -0.141. The average Bonchev–Trinajstić information content (AvgIpc) is 2.57. The maximum absolute atomic E-state index is 12.9. The Morgan fingerprint density at radius 3 is 2.87 bits per heavy atom. The summed E-state index contributed by atoms with van der Waals surface area (Å²) in [4.78, 5) is 22.9. The van der Waals surface area contributed by atoms with Gasteiger partial charge in [-0.05, 0) is 0 Å². The molecule has 0 spiro atoms. The van der Waals surface area contributed by atoms with E-state index in [9.17, 15) is 14.0 Å². The van der Waals surface area contributed by atoms with Crippen LogP contribution in [0.25, 0.3) is 0 Å². The normalized spacial score (nSPS) is 25.0. The van der Waals surface area contributed by atoms with Gasteiger partial charge in [-0.25, -0.2) is 14.0 Å². The van der Waals surface area contributed by atoms with Crippen LogP contribution in [-0.2, 0) is 9.53 Å². The predicted octanol–water partition coefficient (Wildman–Crippen LogP) is 0.806. The highest BCUT2D eigenvalue weighted by Gasteiger charge is 2.40. The van der Waals surface area contributed by atoms with Crippen LogP contribution in [0.3, 0.4) is 0 Å². The maximum atomic E-state index is 12.9. The molecule has 0 aromatic rings. The van der Waals surface area contributed by atoms with Crippen LogP contribution in [0.2, 0.25) is 0 Å². The highest BCUT2D eigenvalue weighted by Crippen LogP contribution is 2.21. The molecule has 1 aliphatic rings. The molecule has 0 aromatic heterocycles. The van der Waals surface area contributed by atoms with Gasteiger partial charge in [-0.2, -0.15) is 0 Å². The first-order chi connectivity index (χ1) is 7.06. The Hall–Kier alpha value is -1.59. The number of alkyl halides is 1. The molecule has 1 rings (SSSR count). The van der Waals surface area contributed by atoms with Crippen molar-refractivity contribution < 1.29 is 23.8 Å². The maximum Gasteiger partial charge on any atom is 0.410 e. The van der Waals surface area contributed by atoms with Crippen LogP contribution in [0.15, 0.2) is 12.7 Å². The van der Waals surface area contributed by atoms with Crippen molar-refractivity contribution in [3.05, 3.63) is 12.7 Å². The van der Waals surface area contributed by atoms with Crippen LogP contribution in [0, 0.1) is 0 Å². The number of carboxylic acid groups (broad SMARTS) is 1. The van der Waals surface area contributed by atoms with E-state index in [4.69, 9.17) is 5.11 Å². The molecule has 0 radical (unpaired) electrons. The first-order valence-electron chi connectivity index (χ1n) is 4.47. The number of carbonyl (C=O) groups excluding carboxylic acids is 1. The van der Waals surface area contributed by atoms with Crippen molar-refractivity contribution >= 4 is 12.1 Å². The van der Waals surface area contributed by atoms with Crippen LogP contribution in [0.4, 0.5) is 9.18 Å². The smallest absolute Gasteiger partial charge is 0.410 e. The molecule has 0 unspecified atom stereocenters. The van der Waals surface area contributed by atoms with Crippen molar-refractivity contribution in [1.82, 2.24) is 4.90 Å². The summed E-state index contributed by atoms with van der Waals surface area (Å²) >= 11 is 0. The molecule has 5 nitrogen and oxygen atoms in total. The van der Waals surface area contributed by atoms with Gasteiger partial charge in [-0.15, -0.1) is 0 Å². The molecule has 84 valence electrons. The monoisotopic (exact) mass is 217 g/mol. The van der Waals surface area contributed by atoms with Crippen molar-refractivity contribution in [2.24, 2.45) is 0 Å². The van der Waals surface area contributed by atoms with E-state index in [0.29, 0.717) is 0 Å². The van der Waals surface area contributed by atoms with E-state index in [0.717, 1.165) is 4.90 Å². The summed E-state index contributed by atoms with van der Waals surface area (Å²) < 4.78 is 17.6. The van der Waals surface area contributed by atoms with Gasteiger partial charge in [0.1, 0.15) is 18.8 Å². The number of ether oxygens (including phenoxy) is 1. The zero-order valence-electron chi connectivity index (χ0n) is 8.06. The molecule has 2 atom stereocenters. The summed E-state index contributed by atoms with van der Waals surface area (Å²) in [6, 6.07) is -1.13. The van der Waals surface area contributed by atoms with Gasteiger partial charge in [-0.3, -0.25) is 4.90 Å². The minimum Gasteiger partial charge on any atom is -0.480 e. The highest BCUT2D eigenvalue weighted by molar-refractivity contribution is 5.80. The third kappa shape index (κ3) is 2.68. The molecule has 1 heterocycles. The fourth-order valence-electron chi connectivity index (χ4n) is 1.43. The molecule has 0 aromatic carbocycles. The van der Waals surface area contributed by atoms with E-state index in [1.54, 1.807) is 0 Å². The number of rotatable bonds is 3. The number of carboxylic acids is 1. The van der Waals surface area contributed by atoms with Crippen molar-refractivity contribution in [3.8, 4) is 0 Å². The highest BCUT2D eigenvalue weighted by atomic mass is 19.1. The molecule has 1 N–H and O–H groups in total. The summed E-state index contributed by atoms with van der Waals surface area (Å²) in [5, 5.41) is 8.74. The number of halogens is 1. The predicted molar refractivity (Wildman–Crippen MR) is 49.2 cm³/mol. The van der Waals surface area contributed by atoms with Crippen LogP contribution in [0.1, 0.15) is 6.42 Å². The Morgan fingerprint density at radius 2 is 2.33 bits per heavy atom. The Kier molecular flexibility index (Phi) is 3.65. The van der Waals surface area contributed by atoms with E-state index >= 15 is 0 Å². The first kappa shape index (κ1) is 11.5. The van der Waals surface area contributed by atoms with Gasteiger partial charge >= 0.3 is 12.1 Å². The minimum atomic E-state index is -1.30. The number of carbonyl (C=O) groups is 2. The van der Waals surface area contributed by atoms with Crippen molar-refractivity contribution in [1.29, 1.82) is 0 Å². The molecule has 1 amide bonds. The molecule has 15 heavy (non-hydrogen) atoms. The molecule has 1 fully saturated rings. The largest absolute Gasteiger partial charge is 0.480 e. The fourth-order valence-corrected chi connectivity index (χ4v) is 1.43. The van der Waals surface area contributed by atoms with Gasteiger partial charge in [0.05, 0.1) is 6.54 Å². The number of likely N-dealkylation sites (tertiary alicyclic amines) is 1. The van der Waals surface area contributed by atoms with Crippen molar-refractivity contribution in [2.45, 2.75) is 18.6 Å². The van der Waals surface area contributed by atoms with Gasteiger partial charge in [0, 0.05) is 6.42 Å². The molecule has 6 heteroatoms. The Bertz CT molecular complexity index is 281. The van der Waals surface area contributed by atoms with E-state index < -0.39 is 24.3 Å². The van der Waals surface area contributed by atoms with E-state index in [1.807, 2.05) is 0 Å². The van der Waals surface area contributed by atoms with Crippen LogP contribution in [0.5, 0.6) is 0 Å². The summed E-state index contributed by atoms with van der Waals surface area (Å²) in [7, 11) is 0. The standard InChI is InChI=1S/C9H12FNO4/c1-2-3-15-9(14)11-5-6(10)4-7(11)8(12)13/h2,6-7H,1,3-5H2,(H,12,13)/t6-,7-/m1/s1. The van der Waals surface area contributed by atoms with E-state index in [-0.39, 0.29) is 19.6 Å². The van der Waals surface area contributed by atoms with Crippen molar-refractivity contribution in [2.75, 3.05) is 13.2 Å². The van der Waals surface area contributed by atoms with Crippen molar-refractivity contribution in [3.63, 3.8) is 0 Å². The molecule has 1 aliphatic heterocycles. The van der Waals surface area contributed by atoms with Gasteiger partial charge in [0.15, 0.2) is 0 Å². The van der Waals surface area contributed by atoms with E-state index in [2.05, 4.69) is 11.3 Å². The van der Waals surface area contributed by atoms with Crippen LogP contribution < -0.4 is 0 Å². The number of amides is 1. The lowest BCUT2D eigenvalue weighted by atomic mass is 10.2. The number of hydrogen-bond acceptors (Lipinski definition) is 3. The lowest BCUT2D eigenvalue weighted by Gasteiger charge is -2.19. The minimum absolute atomic E-state index is 0.0153. The summed E-state index contributed by atoms with van der Waals surface area (Å²) in [6.07, 6.45) is -0.945. The Balaban J connectivity index is 2.62. The van der Waals surface area contributed by atoms with Gasteiger partial charge in [0.2, 0.25) is 0 Å². The van der Waals surface area contributed by atoms with E-state index in [1.165, 1.54) is 6.08 Å². The summed E-state index contributed by atoms with van der Waals surface area (Å²) in [5.41, 5.74) is 0. The summed E-state index contributed by atoms with van der Waals surface area (Å²) in [6.45, 7) is 3.10. The molecule has 1 saturated heterocycles. The van der Waals surface area contributed by atoms with Crippen LogP contribution in [-0.4, -0.2) is 47.4 Å². The fraction of sp³-hybridized carbons (Fsp3) is 0.556. The zero-order chi connectivity index (χ0) is 11.4.